The van der Waals surface area contributed by atoms with E-state index in [-0.39, 0.29) is 26.1 Å². The second-order valence-electron chi connectivity index (χ2n) is 19.2. The number of aliphatic hydroxyl groups is 6. The van der Waals surface area contributed by atoms with Gasteiger partial charge in [0.15, 0.2) is 24.8 Å². The van der Waals surface area contributed by atoms with Crippen molar-refractivity contribution in [3.8, 4) is 0 Å². The molecule has 0 bridgehead atoms. The number of esters is 2. The summed E-state index contributed by atoms with van der Waals surface area (Å²) in [7, 11) is 0. The van der Waals surface area contributed by atoms with E-state index in [2.05, 4.69) is 13.8 Å². The lowest BCUT2D eigenvalue weighted by Gasteiger charge is -2.43. The maximum atomic E-state index is 13.1. The van der Waals surface area contributed by atoms with E-state index in [9.17, 15) is 40.2 Å². The smallest absolute Gasteiger partial charge is 0.306 e. The van der Waals surface area contributed by atoms with E-state index in [4.69, 9.17) is 39.2 Å². The topological polar surface area (TPSA) is 246 Å². The highest BCUT2D eigenvalue weighted by atomic mass is 16.8. The Kier molecular flexibility index (Phi) is 36.9. The molecule has 8 N–H and O–H groups in total. The van der Waals surface area contributed by atoms with Crippen molar-refractivity contribution in [1.29, 1.82) is 0 Å². The molecule has 0 aromatic rings. The number of carbonyl (C=O) groups is 2. The van der Waals surface area contributed by atoms with Crippen LogP contribution in [0.15, 0.2) is 0 Å². The van der Waals surface area contributed by atoms with Crippen LogP contribution in [0.25, 0.3) is 0 Å². The van der Waals surface area contributed by atoms with Gasteiger partial charge in [-0.2, -0.15) is 0 Å². The monoisotopic (exact) mass is 964 g/mol. The van der Waals surface area contributed by atoms with Gasteiger partial charge in [-0.25, -0.2) is 5.90 Å². The van der Waals surface area contributed by atoms with Crippen LogP contribution in [0, 0.1) is 0 Å². The number of hydrogen-bond donors (Lipinski definition) is 7. The van der Waals surface area contributed by atoms with Crippen LogP contribution >= 0.6 is 0 Å². The van der Waals surface area contributed by atoms with Gasteiger partial charge in [-0.15, -0.1) is 0 Å². The third-order valence-electron chi connectivity index (χ3n) is 13.2. The third-order valence-corrected chi connectivity index (χ3v) is 13.2. The second-order valence-corrected chi connectivity index (χ2v) is 19.2. The average molecular weight is 964 g/mol. The van der Waals surface area contributed by atoms with Crippen LogP contribution in [0.2, 0.25) is 0 Å². The van der Waals surface area contributed by atoms with Crippen molar-refractivity contribution in [2.75, 3.05) is 26.4 Å². The van der Waals surface area contributed by atoms with E-state index >= 15 is 0 Å². The van der Waals surface area contributed by atoms with Crippen molar-refractivity contribution in [2.24, 2.45) is 5.90 Å². The number of carbonyl (C=O) groups excluding carboxylic acids is 2. The van der Waals surface area contributed by atoms with Crippen LogP contribution in [-0.4, -0.2) is 137 Å². The summed E-state index contributed by atoms with van der Waals surface area (Å²) in [5.74, 6) is 4.59. The molecular formula is C51H97NO15. The molecule has 67 heavy (non-hydrogen) atoms. The highest BCUT2D eigenvalue weighted by Gasteiger charge is 2.48. The van der Waals surface area contributed by atoms with Gasteiger partial charge in [-0.05, 0) is 12.8 Å². The average Bonchev–Trinajstić information content (AvgIpc) is 3.32. The fourth-order valence-electron chi connectivity index (χ4n) is 8.82. The predicted molar refractivity (Wildman–Crippen MR) is 255 cm³/mol. The number of rotatable bonds is 43. The van der Waals surface area contributed by atoms with Crippen LogP contribution < -0.4 is 5.90 Å². The van der Waals surface area contributed by atoms with Crippen LogP contribution in [-0.2, 0) is 42.8 Å². The molecule has 2 saturated heterocycles. The van der Waals surface area contributed by atoms with Crippen molar-refractivity contribution in [3.05, 3.63) is 0 Å². The molecular weight excluding hydrogens is 867 g/mol. The molecule has 2 rings (SSSR count). The Morgan fingerprint density at radius 3 is 1.31 bits per heavy atom. The minimum atomic E-state index is -1.71. The van der Waals surface area contributed by atoms with E-state index in [1.165, 1.54) is 141 Å². The van der Waals surface area contributed by atoms with Gasteiger partial charge in [-0.1, -0.05) is 194 Å². The van der Waals surface area contributed by atoms with Gasteiger partial charge in [0.2, 0.25) is 0 Å². The number of hydrogen-bond acceptors (Lipinski definition) is 16. The molecule has 2 heterocycles. The summed E-state index contributed by atoms with van der Waals surface area (Å²) in [6.07, 6.45) is 20.5. The normalized spacial score (nSPS) is 25.9. The molecule has 0 unspecified atom stereocenters. The Bertz CT molecular complexity index is 1190. The largest absolute Gasteiger partial charge is 0.462 e. The van der Waals surface area contributed by atoms with Gasteiger partial charge in [0, 0.05) is 12.8 Å². The Morgan fingerprint density at radius 1 is 0.478 bits per heavy atom. The number of nitrogens with two attached hydrogens (primary N) is 1. The Balaban J connectivity index is 1.82. The molecule has 0 amide bonds. The summed E-state index contributed by atoms with van der Waals surface area (Å²) < 4.78 is 34.0. The maximum Gasteiger partial charge on any atom is 0.306 e. The van der Waals surface area contributed by atoms with E-state index in [0.717, 1.165) is 38.5 Å². The summed E-state index contributed by atoms with van der Waals surface area (Å²) in [5, 5.41) is 61.9. The van der Waals surface area contributed by atoms with Crippen molar-refractivity contribution < 1.29 is 73.5 Å². The second kappa shape index (κ2) is 40.1. The molecule has 2 fully saturated rings. The Hall–Kier alpha value is -1.54. The van der Waals surface area contributed by atoms with Gasteiger partial charge < -0.3 is 59.1 Å². The molecule has 0 radical (unpaired) electrons. The van der Waals surface area contributed by atoms with E-state index in [1.807, 2.05) is 0 Å². The highest BCUT2D eigenvalue weighted by molar-refractivity contribution is 5.70. The molecule has 2 aliphatic rings. The minimum Gasteiger partial charge on any atom is -0.462 e. The van der Waals surface area contributed by atoms with Crippen LogP contribution in [0.1, 0.15) is 219 Å². The zero-order valence-electron chi connectivity index (χ0n) is 41.7. The molecule has 0 aromatic heterocycles. The number of aliphatic hydroxyl groups excluding tert-OH is 6. The fraction of sp³-hybridized carbons (Fsp3) is 0.961. The van der Waals surface area contributed by atoms with Gasteiger partial charge >= 0.3 is 11.9 Å². The first kappa shape index (κ1) is 61.6. The highest BCUT2D eigenvalue weighted by Crippen LogP contribution is 2.27. The molecule has 0 saturated carbocycles. The minimum absolute atomic E-state index is 0.179. The fourth-order valence-corrected chi connectivity index (χ4v) is 8.82. The lowest BCUT2D eigenvalue weighted by atomic mass is 9.98. The molecule has 396 valence electrons. The SMILES string of the molecule is CCCCCCCCCCCCCCCCCC(=O)OC[C@H](CO[C@@H]1O[C@H](CO[C@H]2O[C@H](CO)[C@H](O)[C@H](O)[C@H]2O)[C@H](O)[C@H](O)[C@H]1ON)OC(=O)CCCCCCCCCCCCCCCCC. The third kappa shape index (κ3) is 27.6. The molecule has 16 nitrogen and oxygen atoms in total. The number of ether oxygens (including phenoxy) is 6. The molecule has 11 atom stereocenters. The van der Waals surface area contributed by atoms with Gasteiger partial charge in [0.25, 0.3) is 0 Å². The Labute approximate surface area is 403 Å². The first-order chi connectivity index (χ1) is 32.6. The zero-order valence-corrected chi connectivity index (χ0v) is 41.7. The summed E-state index contributed by atoms with van der Waals surface area (Å²) in [6.45, 7) is 2.70. The summed E-state index contributed by atoms with van der Waals surface area (Å²) >= 11 is 0. The lowest BCUT2D eigenvalue weighted by Crippen LogP contribution is -2.62. The maximum absolute atomic E-state index is 13.1. The van der Waals surface area contributed by atoms with Crippen molar-refractivity contribution >= 4 is 11.9 Å². The first-order valence-electron chi connectivity index (χ1n) is 26.8. The molecule has 2 aliphatic heterocycles. The van der Waals surface area contributed by atoms with E-state index < -0.39 is 92.7 Å². The summed E-state index contributed by atoms with van der Waals surface area (Å²) in [5.41, 5.74) is 0. The molecule has 16 heteroatoms. The van der Waals surface area contributed by atoms with Gasteiger partial charge in [-0.3, -0.25) is 14.4 Å². The molecule has 0 aromatic carbocycles. The van der Waals surface area contributed by atoms with Crippen molar-refractivity contribution in [1.82, 2.24) is 0 Å². The number of unbranched alkanes of at least 4 members (excludes halogenated alkanes) is 28. The van der Waals surface area contributed by atoms with E-state index in [1.54, 1.807) is 0 Å². The van der Waals surface area contributed by atoms with Crippen molar-refractivity contribution in [2.45, 2.75) is 287 Å². The lowest BCUT2D eigenvalue weighted by molar-refractivity contribution is -0.337. The first-order valence-corrected chi connectivity index (χ1v) is 26.8. The van der Waals surface area contributed by atoms with Crippen LogP contribution in [0.5, 0.6) is 0 Å². The van der Waals surface area contributed by atoms with E-state index in [0.29, 0.717) is 12.8 Å². The predicted octanol–water partition coefficient (Wildman–Crippen LogP) is 7.50. The summed E-state index contributed by atoms with van der Waals surface area (Å²) in [6, 6.07) is 0. The molecule has 0 aliphatic carbocycles. The summed E-state index contributed by atoms with van der Waals surface area (Å²) in [4.78, 5) is 30.8. The van der Waals surface area contributed by atoms with Crippen LogP contribution in [0.4, 0.5) is 0 Å². The zero-order chi connectivity index (χ0) is 48.9. The molecule has 0 spiro atoms. The quantitative estimate of drug-likeness (QED) is 0.0178. The van der Waals surface area contributed by atoms with Crippen LogP contribution in [0.3, 0.4) is 0 Å². The standard InChI is InChI=1S/C51H97NO15/c1-3-5-7-9-11-13-15-17-19-21-23-25-27-29-31-33-42(54)61-36-39(64-43(55)34-32-30-28-26-24-22-20-18-16-14-12-10-8-6-4-2)37-62-51-49(67-52)47(59)45(57)41(66-51)38-63-50-48(60)46(58)44(56)40(35-53)65-50/h39-41,44-51,53,56-60H,3-38,52H2,1-2H3/t39-,40-,41-,44+,45+,46+,47+,48-,49-,50+,51-/m1/s1. The van der Waals surface area contributed by atoms with Gasteiger partial charge in [0.05, 0.1) is 19.8 Å². The van der Waals surface area contributed by atoms with Gasteiger partial charge in [0.1, 0.15) is 49.3 Å². The Morgan fingerprint density at radius 2 is 0.881 bits per heavy atom. The van der Waals surface area contributed by atoms with Crippen molar-refractivity contribution in [3.63, 3.8) is 0 Å².